The molecule has 2 aromatic rings. The van der Waals surface area contributed by atoms with Crippen LogP contribution in [0.15, 0.2) is 36.4 Å². The largest absolute Gasteiger partial charge is 0.481 e. The summed E-state index contributed by atoms with van der Waals surface area (Å²) in [6.07, 6.45) is 0.307. The minimum absolute atomic E-state index is 0.00310. The molecule has 0 fully saturated rings. The van der Waals surface area contributed by atoms with Crippen LogP contribution in [-0.4, -0.2) is 38.3 Å². The molecule has 1 heterocycles. The highest BCUT2D eigenvalue weighted by molar-refractivity contribution is 5.92. The molecular formula is C18H24N4O3. The maximum atomic E-state index is 12.6. The summed E-state index contributed by atoms with van der Waals surface area (Å²) in [6, 6.07) is 11.6. The third-order valence-electron chi connectivity index (χ3n) is 3.82. The molecule has 0 atom stereocenters. The van der Waals surface area contributed by atoms with Gasteiger partial charge < -0.3 is 5.11 Å². The molecule has 0 saturated carbocycles. The number of amides is 1. The van der Waals surface area contributed by atoms with Crippen molar-refractivity contribution in [2.24, 2.45) is 0 Å². The Morgan fingerprint density at radius 2 is 1.96 bits per heavy atom. The maximum absolute atomic E-state index is 12.6. The van der Waals surface area contributed by atoms with E-state index in [1.54, 1.807) is 10.7 Å². The second kappa shape index (κ2) is 8.98. The first-order valence-corrected chi connectivity index (χ1v) is 8.41. The fourth-order valence-corrected chi connectivity index (χ4v) is 2.49. The van der Waals surface area contributed by atoms with Crippen molar-refractivity contribution in [3.8, 4) is 0 Å². The molecule has 0 saturated heterocycles. The smallest absolute Gasteiger partial charge is 0.303 e. The minimum atomic E-state index is -0.878. The van der Waals surface area contributed by atoms with Gasteiger partial charge in [0.1, 0.15) is 5.69 Å². The lowest BCUT2D eigenvalue weighted by molar-refractivity contribution is -0.136. The van der Waals surface area contributed by atoms with Crippen LogP contribution in [0.4, 0.5) is 0 Å². The van der Waals surface area contributed by atoms with Crippen LogP contribution < -0.4 is 5.43 Å². The predicted octanol–water partition coefficient (Wildman–Crippen LogP) is 2.09. The van der Waals surface area contributed by atoms with E-state index in [2.05, 4.69) is 10.5 Å². The van der Waals surface area contributed by atoms with Gasteiger partial charge in [0.15, 0.2) is 0 Å². The lowest BCUT2D eigenvalue weighted by Gasteiger charge is -2.21. The highest BCUT2D eigenvalue weighted by Crippen LogP contribution is 2.09. The first-order valence-electron chi connectivity index (χ1n) is 8.41. The zero-order valence-corrected chi connectivity index (χ0v) is 14.6. The lowest BCUT2D eigenvalue weighted by atomic mass is 10.2. The Morgan fingerprint density at radius 1 is 1.24 bits per heavy atom. The van der Waals surface area contributed by atoms with E-state index in [1.807, 2.05) is 49.2 Å². The van der Waals surface area contributed by atoms with E-state index in [-0.39, 0.29) is 12.3 Å². The third-order valence-corrected chi connectivity index (χ3v) is 3.82. The van der Waals surface area contributed by atoms with E-state index in [0.29, 0.717) is 37.4 Å². The molecule has 0 aliphatic heterocycles. The van der Waals surface area contributed by atoms with Gasteiger partial charge in [0, 0.05) is 26.1 Å². The SMILES string of the molecule is CCN(Cc1ccccc1)NC(=O)c1cc(CCC(=O)O)nn1CC. The first-order chi connectivity index (χ1) is 12.0. The molecule has 0 aliphatic carbocycles. The summed E-state index contributed by atoms with van der Waals surface area (Å²) >= 11 is 0. The molecule has 1 aromatic heterocycles. The van der Waals surface area contributed by atoms with E-state index < -0.39 is 5.97 Å². The fraction of sp³-hybridized carbons (Fsp3) is 0.389. The second-order valence-corrected chi connectivity index (χ2v) is 5.67. The molecular weight excluding hydrogens is 320 g/mol. The van der Waals surface area contributed by atoms with Gasteiger partial charge in [0.25, 0.3) is 5.91 Å². The molecule has 134 valence electrons. The van der Waals surface area contributed by atoms with Gasteiger partial charge >= 0.3 is 5.97 Å². The van der Waals surface area contributed by atoms with Crippen molar-refractivity contribution in [1.82, 2.24) is 20.2 Å². The third kappa shape index (κ3) is 5.42. The van der Waals surface area contributed by atoms with Crippen LogP contribution in [0.5, 0.6) is 0 Å². The first kappa shape index (κ1) is 18.7. The molecule has 7 nitrogen and oxygen atoms in total. The Kier molecular flexibility index (Phi) is 6.71. The van der Waals surface area contributed by atoms with Crippen LogP contribution in [0.3, 0.4) is 0 Å². The average Bonchev–Trinajstić information content (AvgIpc) is 3.03. The molecule has 0 aliphatic rings. The highest BCUT2D eigenvalue weighted by atomic mass is 16.4. The van der Waals surface area contributed by atoms with Crippen molar-refractivity contribution >= 4 is 11.9 Å². The van der Waals surface area contributed by atoms with Crippen molar-refractivity contribution in [2.75, 3.05) is 6.54 Å². The molecule has 1 aromatic carbocycles. The van der Waals surface area contributed by atoms with Crippen molar-refractivity contribution in [3.63, 3.8) is 0 Å². The van der Waals surface area contributed by atoms with E-state index in [9.17, 15) is 9.59 Å². The molecule has 25 heavy (non-hydrogen) atoms. The number of hydrogen-bond donors (Lipinski definition) is 2. The summed E-state index contributed by atoms with van der Waals surface area (Å²) in [5, 5.41) is 14.9. The number of rotatable bonds is 9. The highest BCUT2D eigenvalue weighted by Gasteiger charge is 2.17. The maximum Gasteiger partial charge on any atom is 0.303 e. The number of carbonyl (C=O) groups is 2. The summed E-state index contributed by atoms with van der Waals surface area (Å²) in [5.74, 6) is -1.12. The van der Waals surface area contributed by atoms with Crippen LogP contribution in [0.2, 0.25) is 0 Å². The Morgan fingerprint density at radius 3 is 2.56 bits per heavy atom. The van der Waals surface area contributed by atoms with Crippen LogP contribution in [-0.2, 0) is 24.3 Å². The molecule has 0 unspecified atom stereocenters. The van der Waals surface area contributed by atoms with Gasteiger partial charge in [-0.15, -0.1) is 0 Å². The van der Waals surface area contributed by atoms with Gasteiger partial charge in [0.2, 0.25) is 0 Å². The number of hydrazine groups is 1. The number of aromatic nitrogens is 2. The number of aryl methyl sites for hydroxylation is 2. The molecule has 1 amide bonds. The summed E-state index contributed by atoms with van der Waals surface area (Å²) in [7, 11) is 0. The Labute approximate surface area is 147 Å². The molecule has 0 bridgehead atoms. The van der Waals surface area contributed by atoms with Crippen LogP contribution >= 0.6 is 0 Å². The molecule has 0 radical (unpaired) electrons. The number of aliphatic carboxylic acids is 1. The summed E-state index contributed by atoms with van der Waals surface area (Å²) in [4.78, 5) is 23.3. The summed E-state index contributed by atoms with van der Waals surface area (Å²) in [5.41, 5.74) is 5.06. The van der Waals surface area contributed by atoms with E-state index in [0.717, 1.165) is 5.56 Å². The van der Waals surface area contributed by atoms with E-state index in [4.69, 9.17) is 5.11 Å². The normalized spacial score (nSPS) is 10.8. The number of hydrogen-bond acceptors (Lipinski definition) is 4. The summed E-state index contributed by atoms with van der Waals surface area (Å²) in [6.45, 7) is 5.67. The van der Waals surface area contributed by atoms with E-state index >= 15 is 0 Å². The zero-order chi connectivity index (χ0) is 18.2. The standard InChI is InChI=1S/C18H24N4O3/c1-3-21(13-14-8-6-5-7-9-14)20-18(25)16-12-15(10-11-17(23)24)19-22(16)4-2/h5-9,12H,3-4,10-11,13H2,1-2H3,(H,20,25)(H,23,24). The van der Waals surface area contributed by atoms with Gasteiger partial charge in [-0.25, -0.2) is 5.01 Å². The Balaban J connectivity index is 2.06. The lowest BCUT2D eigenvalue weighted by Crippen LogP contribution is -2.42. The fourth-order valence-electron chi connectivity index (χ4n) is 2.49. The number of benzene rings is 1. The van der Waals surface area contributed by atoms with Gasteiger partial charge in [0.05, 0.1) is 12.1 Å². The van der Waals surface area contributed by atoms with Gasteiger partial charge in [-0.1, -0.05) is 37.3 Å². The van der Waals surface area contributed by atoms with Crippen LogP contribution in [0.1, 0.15) is 42.0 Å². The number of nitrogens with zero attached hydrogens (tertiary/aromatic N) is 3. The monoisotopic (exact) mass is 344 g/mol. The number of carbonyl (C=O) groups excluding carboxylic acids is 1. The van der Waals surface area contributed by atoms with Crippen LogP contribution in [0, 0.1) is 0 Å². The Bertz CT molecular complexity index is 712. The van der Waals surface area contributed by atoms with Gasteiger partial charge in [-0.3, -0.25) is 19.7 Å². The molecule has 2 N–H and O–H groups in total. The molecule has 2 rings (SSSR count). The number of carboxylic acid groups (broad SMARTS) is 1. The van der Waals surface area contributed by atoms with E-state index in [1.165, 1.54) is 0 Å². The summed E-state index contributed by atoms with van der Waals surface area (Å²) < 4.78 is 1.60. The van der Waals surface area contributed by atoms with Crippen LogP contribution in [0.25, 0.3) is 0 Å². The van der Waals surface area contributed by atoms with Crippen molar-refractivity contribution in [3.05, 3.63) is 53.3 Å². The van der Waals surface area contributed by atoms with Crippen molar-refractivity contribution in [2.45, 2.75) is 39.8 Å². The minimum Gasteiger partial charge on any atom is -0.481 e. The number of nitrogens with one attached hydrogen (secondary N) is 1. The predicted molar refractivity (Wildman–Crippen MR) is 93.9 cm³/mol. The Hall–Kier alpha value is -2.67. The van der Waals surface area contributed by atoms with Crippen molar-refractivity contribution < 1.29 is 14.7 Å². The topological polar surface area (TPSA) is 87.5 Å². The second-order valence-electron chi connectivity index (χ2n) is 5.67. The quantitative estimate of drug-likeness (QED) is 0.680. The van der Waals surface area contributed by atoms with Gasteiger partial charge in [-0.2, -0.15) is 5.10 Å². The average molecular weight is 344 g/mol. The molecule has 7 heteroatoms. The zero-order valence-electron chi connectivity index (χ0n) is 14.6. The van der Waals surface area contributed by atoms with Crippen molar-refractivity contribution in [1.29, 1.82) is 0 Å². The number of carboxylic acids is 1. The van der Waals surface area contributed by atoms with Gasteiger partial charge in [-0.05, 0) is 18.6 Å². The molecule has 0 spiro atoms.